The third-order valence-corrected chi connectivity index (χ3v) is 3.38. The van der Waals surface area contributed by atoms with E-state index in [4.69, 9.17) is 5.73 Å². The van der Waals surface area contributed by atoms with Crippen LogP contribution in [0, 0.1) is 21.4 Å². The minimum absolute atomic E-state index is 0.0143. The van der Waals surface area contributed by atoms with Crippen molar-refractivity contribution >= 4 is 11.7 Å². The van der Waals surface area contributed by atoms with Gasteiger partial charge in [0.2, 0.25) is 0 Å². The van der Waals surface area contributed by atoms with Gasteiger partial charge in [-0.2, -0.15) is 5.26 Å². The van der Waals surface area contributed by atoms with Crippen molar-refractivity contribution in [3.8, 4) is 6.07 Å². The van der Waals surface area contributed by atoms with Crippen LogP contribution in [-0.2, 0) is 4.79 Å². The van der Waals surface area contributed by atoms with Crippen LogP contribution < -0.4 is 11.1 Å². The smallest absolute Gasteiger partial charge is 0.334 e. The second kappa shape index (κ2) is 5.57. The number of nitrogens with zero attached hydrogens (tertiary/aromatic N) is 2. The lowest BCUT2D eigenvalue weighted by molar-refractivity contribution is -0.384. The first-order chi connectivity index (χ1) is 10.4. The summed E-state index contributed by atoms with van der Waals surface area (Å²) in [6, 6.07) is 7.28. The third-order valence-electron chi connectivity index (χ3n) is 3.38. The van der Waals surface area contributed by atoms with Gasteiger partial charge in [0.15, 0.2) is 0 Å². The van der Waals surface area contributed by atoms with E-state index in [0.717, 1.165) is 0 Å². The summed E-state index contributed by atoms with van der Waals surface area (Å²) in [6.45, 7) is 1.54. The average Bonchev–Trinajstić information content (AvgIpc) is 2.46. The molecule has 0 amide bonds. The van der Waals surface area contributed by atoms with Crippen molar-refractivity contribution in [2.75, 3.05) is 0 Å². The zero-order valence-electron chi connectivity index (χ0n) is 11.5. The minimum Gasteiger partial charge on any atom is -0.478 e. The molecule has 1 unspecified atom stereocenters. The summed E-state index contributed by atoms with van der Waals surface area (Å²) >= 11 is 0. The van der Waals surface area contributed by atoms with Crippen molar-refractivity contribution in [3.05, 3.63) is 62.6 Å². The van der Waals surface area contributed by atoms with E-state index in [1.54, 1.807) is 6.92 Å². The summed E-state index contributed by atoms with van der Waals surface area (Å²) < 4.78 is 0. The Bertz CT molecular complexity index is 756. The highest BCUT2D eigenvalue weighted by atomic mass is 16.6. The SMILES string of the molecule is CC1=C(C(=O)O)C(c2ccc([N+](=O)[O-])cc2)C(C#N)=C(N)N1. The Morgan fingerprint density at radius 2 is 2.05 bits per heavy atom. The molecule has 0 saturated carbocycles. The Hall–Kier alpha value is -3.34. The lowest BCUT2D eigenvalue weighted by atomic mass is 9.82. The molecule has 0 bridgehead atoms. The molecule has 1 aromatic carbocycles. The standard InChI is InChI=1S/C14H12N4O4/c1-7-11(14(19)20)12(10(6-15)13(16)17-7)8-2-4-9(5-3-8)18(21)22/h2-5,12,17H,16H2,1H3,(H,19,20). The van der Waals surface area contributed by atoms with Gasteiger partial charge >= 0.3 is 5.97 Å². The fourth-order valence-electron chi connectivity index (χ4n) is 2.38. The number of aliphatic carboxylic acids is 1. The predicted octanol–water partition coefficient (Wildman–Crippen LogP) is 1.33. The van der Waals surface area contributed by atoms with E-state index in [2.05, 4.69) is 5.32 Å². The molecule has 8 heteroatoms. The minimum atomic E-state index is -1.19. The van der Waals surface area contributed by atoms with Crippen LogP contribution in [0.15, 0.2) is 46.9 Å². The first-order valence-electron chi connectivity index (χ1n) is 6.22. The lowest BCUT2D eigenvalue weighted by Crippen LogP contribution is -2.32. The van der Waals surface area contributed by atoms with Crippen LogP contribution in [0.3, 0.4) is 0 Å². The van der Waals surface area contributed by atoms with E-state index in [9.17, 15) is 25.3 Å². The number of dihydropyridines is 1. The van der Waals surface area contributed by atoms with Crippen molar-refractivity contribution in [1.29, 1.82) is 5.26 Å². The van der Waals surface area contributed by atoms with Gasteiger partial charge in [0.05, 0.1) is 28.1 Å². The van der Waals surface area contributed by atoms with Crippen LogP contribution in [0.4, 0.5) is 5.69 Å². The molecule has 1 atom stereocenters. The number of nitrogens with two attached hydrogens (primary N) is 1. The molecule has 22 heavy (non-hydrogen) atoms. The van der Waals surface area contributed by atoms with Crippen LogP contribution in [0.25, 0.3) is 0 Å². The number of nitro groups is 1. The van der Waals surface area contributed by atoms with Gasteiger partial charge in [-0.1, -0.05) is 12.1 Å². The van der Waals surface area contributed by atoms with Gasteiger partial charge in [0, 0.05) is 17.8 Å². The first kappa shape index (κ1) is 15.1. The largest absolute Gasteiger partial charge is 0.478 e. The number of nitro benzene ring substituents is 1. The third kappa shape index (κ3) is 2.47. The second-order valence-corrected chi connectivity index (χ2v) is 4.69. The molecule has 1 aliphatic rings. The fraction of sp³-hybridized carbons (Fsp3) is 0.143. The molecule has 0 spiro atoms. The van der Waals surface area contributed by atoms with Crippen LogP contribution in [-0.4, -0.2) is 16.0 Å². The summed E-state index contributed by atoms with van der Waals surface area (Å²) in [5, 5.41) is 32.0. The Morgan fingerprint density at radius 3 is 2.50 bits per heavy atom. The highest BCUT2D eigenvalue weighted by molar-refractivity contribution is 5.91. The topological polar surface area (TPSA) is 142 Å². The monoisotopic (exact) mass is 300 g/mol. The van der Waals surface area contributed by atoms with Crippen LogP contribution in [0.2, 0.25) is 0 Å². The van der Waals surface area contributed by atoms with E-state index >= 15 is 0 Å². The van der Waals surface area contributed by atoms with Crippen LogP contribution in [0.5, 0.6) is 0 Å². The number of nitrogens with one attached hydrogen (secondary N) is 1. The van der Waals surface area contributed by atoms with Gasteiger partial charge in [-0.3, -0.25) is 10.1 Å². The van der Waals surface area contributed by atoms with Crippen LogP contribution in [0.1, 0.15) is 18.4 Å². The summed E-state index contributed by atoms with van der Waals surface area (Å²) in [5.41, 5.74) is 6.47. The normalized spacial score (nSPS) is 17.7. The number of carboxylic acid groups (broad SMARTS) is 1. The Morgan fingerprint density at radius 1 is 1.45 bits per heavy atom. The molecule has 1 aliphatic heterocycles. The van der Waals surface area contributed by atoms with Crippen molar-refractivity contribution in [2.45, 2.75) is 12.8 Å². The zero-order chi connectivity index (χ0) is 16.4. The molecule has 4 N–H and O–H groups in total. The predicted molar refractivity (Wildman–Crippen MR) is 76.1 cm³/mol. The maximum atomic E-state index is 11.5. The number of carboxylic acids is 1. The summed E-state index contributed by atoms with van der Waals surface area (Å²) in [5.74, 6) is -1.98. The van der Waals surface area contributed by atoms with E-state index in [1.165, 1.54) is 24.3 Å². The number of non-ortho nitro benzene ring substituents is 1. The van der Waals surface area contributed by atoms with Crippen LogP contribution >= 0.6 is 0 Å². The van der Waals surface area contributed by atoms with Gasteiger partial charge < -0.3 is 16.2 Å². The fourth-order valence-corrected chi connectivity index (χ4v) is 2.38. The van der Waals surface area contributed by atoms with E-state index in [0.29, 0.717) is 11.3 Å². The zero-order valence-corrected chi connectivity index (χ0v) is 11.5. The first-order valence-corrected chi connectivity index (χ1v) is 6.22. The molecule has 0 fully saturated rings. The average molecular weight is 300 g/mol. The van der Waals surface area contributed by atoms with Gasteiger partial charge in [0.1, 0.15) is 5.82 Å². The number of nitriles is 1. The number of rotatable bonds is 3. The number of hydrogen-bond acceptors (Lipinski definition) is 6. The lowest BCUT2D eigenvalue weighted by Gasteiger charge is -2.26. The highest BCUT2D eigenvalue weighted by Crippen LogP contribution is 2.37. The van der Waals surface area contributed by atoms with E-state index in [-0.39, 0.29) is 22.7 Å². The number of hydrogen-bond donors (Lipinski definition) is 3. The molecule has 8 nitrogen and oxygen atoms in total. The summed E-state index contributed by atoms with van der Waals surface area (Å²) in [4.78, 5) is 21.7. The molecular weight excluding hydrogens is 288 g/mol. The van der Waals surface area contributed by atoms with E-state index in [1.807, 2.05) is 6.07 Å². The van der Waals surface area contributed by atoms with Gasteiger partial charge in [0.25, 0.3) is 5.69 Å². The highest BCUT2D eigenvalue weighted by Gasteiger charge is 2.33. The molecule has 1 aromatic rings. The number of carbonyl (C=O) groups is 1. The quantitative estimate of drug-likeness (QED) is 0.564. The molecule has 0 radical (unpaired) electrons. The Labute approximate surface area is 125 Å². The molecular formula is C14H12N4O4. The maximum absolute atomic E-state index is 11.5. The van der Waals surface area contributed by atoms with Crippen molar-refractivity contribution in [2.24, 2.45) is 5.73 Å². The summed E-state index contributed by atoms with van der Waals surface area (Å²) in [7, 11) is 0. The molecule has 1 heterocycles. The summed E-state index contributed by atoms with van der Waals surface area (Å²) in [6.07, 6.45) is 0. The number of allylic oxidation sites excluding steroid dienone is 2. The Kier molecular flexibility index (Phi) is 3.81. The van der Waals surface area contributed by atoms with Gasteiger partial charge in [-0.15, -0.1) is 0 Å². The van der Waals surface area contributed by atoms with Gasteiger partial charge in [-0.05, 0) is 12.5 Å². The molecule has 2 rings (SSSR count). The molecule has 0 aliphatic carbocycles. The maximum Gasteiger partial charge on any atom is 0.334 e. The van der Waals surface area contributed by atoms with Crippen molar-refractivity contribution in [1.82, 2.24) is 5.32 Å². The van der Waals surface area contributed by atoms with Gasteiger partial charge in [-0.25, -0.2) is 4.79 Å². The van der Waals surface area contributed by atoms with E-state index < -0.39 is 16.8 Å². The number of benzene rings is 1. The van der Waals surface area contributed by atoms with Crippen molar-refractivity contribution < 1.29 is 14.8 Å². The molecule has 0 saturated heterocycles. The Balaban J connectivity index is 2.60. The molecule has 112 valence electrons. The van der Waals surface area contributed by atoms with Crippen molar-refractivity contribution in [3.63, 3.8) is 0 Å². The second-order valence-electron chi connectivity index (χ2n) is 4.69. The molecule has 0 aromatic heterocycles.